The fourth-order valence-corrected chi connectivity index (χ4v) is 2.13. The molecule has 1 saturated heterocycles. The normalized spacial score (nSPS) is 14.8. The molecule has 0 aromatic heterocycles. The molecule has 0 aliphatic carbocycles. The van der Waals surface area contributed by atoms with Crippen molar-refractivity contribution in [3.63, 3.8) is 0 Å². The molecule has 6 heteroatoms. The molecule has 1 aromatic carbocycles. The smallest absolute Gasteiger partial charge is 0.407 e. The van der Waals surface area contributed by atoms with Crippen LogP contribution in [0.25, 0.3) is 0 Å². The summed E-state index contributed by atoms with van der Waals surface area (Å²) in [5, 5.41) is 17.5. The minimum absolute atomic E-state index is 0.0141. The van der Waals surface area contributed by atoms with Crippen LogP contribution in [0.5, 0.6) is 0 Å². The first-order chi connectivity index (χ1) is 9.60. The summed E-state index contributed by atoms with van der Waals surface area (Å²) in [5.41, 5.74) is 1.42. The maximum atomic E-state index is 12.1. The zero-order valence-corrected chi connectivity index (χ0v) is 11.0. The second-order valence-electron chi connectivity index (χ2n) is 4.64. The highest BCUT2D eigenvalue weighted by atomic mass is 16.4. The third kappa shape index (κ3) is 3.26. The summed E-state index contributed by atoms with van der Waals surface area (Å²) in [4.78, 5) is 25.9. The summed E-state index contributed by atoms with van der Waals surface area (Å²) in [6, 6.07) is 8.94. The number of carbonyl (C=O) groups excluding carboxylic acids is 1. The average molecular weight is 273 g/mol. The summed E-state index contributed by atoms with van der Waals surface area (Å²) in [6.45, 7) is 1.58. The molecule has 1 aliphatic rings. The topological polar surface area (TPSA) is 84.6 Å². The number of hydrogen-bond acceptors (Lipinski definition) is 3. The number of nitrogens with zero attached hydrogens (tertiary/aromatic N) is 3. The van der Waals surface area contributed by atoms with Crippen LogP contribution in [-0.2, 0) is 11.2 Å². The number of carboxylic acid groups (broad SMARTS) is 1. The Balaban J connectivity index is 1.89. The Morgan fingerprint density at radius 2 is 1.65 bits per heavy atom. The van der Waals surface area contributed by atoms with E-state index in [4.69, 9.17) is 10.4 Å². The molecule has 20 heavy (non-hydrogen) atoms. The van der Waals surface area contributed by atoms with Crippen molar-refractivity contribution in [1.82, 2.24) is 9.80 Å². The molecular formula is C14H15N3O3. The summed E-state index contributed by atoms with van der Waals surface area (Å²) >= 11 is 0. The molecule has 0 spiro atoms. The van der Waals surface area contributed by atoms with Gasteiger partial charge in [0.05, 0.1) is 18.1 Å². The molecule has 0 saturated carbocycles. The molecule has 0 bridgehead atoms. The lowest BCUT2D eigenvalue weighted by atomic mass is 10.1. The predicted molar refractivity (Wildman–Crippen MR) is 71.0 cm³/mol. The number of rotatable bonds is 2. The fraction of sp³-hybridized carbons (Fsp3) is 0.357. The Hall–Kier alpha value is -2.55. The number of amides is 2. The summed E-state index contributed by atoms with van der Waals surface area (Å²) in [7, 11) is 0. The molecular weight excluding hydrogens is 258 g/mol. The molecule has 1 heterocycles. The van der Waals surface area contributed by atoms with E-state index in [1.165, 1.54) is 4.90 Å². The van der Waals surface area contributed by atoms with E-state index >= 15 is 0 Å². The lowest BCUT2D eigenvalue weighted by Gasteiger charge is -2.33. The number of carbonyl (C=O) groups is 2. The predicted octanol–water partition coefficient (Wildman–Crippen LogP) is 0.923. The van der Waals surface area contributed by atoms with Gasteiger partial charge in [0.25, 0.3) is 0 Å². The SMILES string of the molecule is N#Cc1ccc(CC(=O)N2CCN(C(=O)O)CC2)cc1. The maximum absolute atomic E-state index is 12.1. The summed E-state index contributed by atoms with van der Waals surface area (Å²) in [6.07, 6.45) is -0.664. The Morgan fingerprint density at radius 1 is 1.10 bits per heavy atom. The largest absolute Gasteiger partial charge is 0.465 e. The molecule has 1 fully saturated rings. The second-order valence-corrected chi connectivity index (χ2v) is 4.64. The number of piperazine rings is 1. The van der Waals surface area contributed by atoms with Gasteiger partial charge in [-0.2, -0.15) is 5.26 Å². The van der Waals surface area contributed by atoms with Crippen LogP contribution in [0.4, 0.5) is 4.79 Å². The van der Waals surface area contributed by atoms with Gasteiger partial charge in [0.2, 0.25) is 5.91 Å². The van der Waals surface area contributed by atoms with E-state index in [1.54, 1.807) is 29.2 Å². The van der Waals surface area contributed by atoms with Crippen molar-refractivity contribution in [1.29, 1.82) is 5.26 Å². The third-order valence-corrected chi connectivity index (χ3v) is 3.34. The van der Waals surface area contributed by atoms with Gasteiger partial charge in [-0.15, -0.1) is 0 Å². The van der Waals surface area contributed by atoms with E-state index < -0.39 is 6.09 Å². The van der Waals surface area contributed by atoms with Gasteiger partial charge in [-0.05, 0) is 17.7 Å². The van der Waals surface area contributed by atoms with E-state index in [0.717, 1.165) is 5.56 Å². The monoisotopic (exact) mass is 273 g/mol. The van der Waals surface area contributed by atoms with Crippen molar-refractivity contribution in [2.24, 2.45) is 0 Å². The van der Waals surface area contributed by atoms with Crippen molar-refractivity contribution >= 4 is 12.0 Å². The van der Waals surface area contributed by atoms with E-state index in [1.807, 2.05) is 6.07 Å². The number of hydrogen-bond donors (Lipinski definition) is 1. The molecule has 1 N–H and O–H groups in total. The molecule has 104 valence electrons. The maximum Gasteiger partial charge on any atom is 0.407 e. The standard InChI is InChI=1S/C14H15N3O3/c15-10-12-3-1-11(2-4-12)9-13(18)16-5-7-17(8-6-16)14(19)20/h1-4H,5-9H2,(H,19,20). The van der Waals surface area contributed by atoms with Crippen LogP contribution < -0.4 is 0 Å². The molecule has 0 radical (unpaired) electrons. The number of nitriles is 1. The van der Waals surface area contributed by atoms with Crippen molar-refractivity contribution in [2.45, 2.75) is 6.42 Å². The number of benzene rings is 1. The Bertz CT molecular complexity index is 540. The first-order valence-electron chi connectivity index (χ1n) is 6.35. The van der Waals surface area contributed by atoms with Gasteiger partial charge in [0.1, 0.15) is 0 Å². The van der Waals surface area contributed by atoms with Gasteiger partial charge in [-0.1, -0.05) is 12.1 Å². The Labute approximate surface area is 116 Å². The van der Waals surface area contributed by atoms with Crippen LogP contribution in [0.2, 0.25) is 0 Å². The first kappa shape index (κ1) is 13.9. The molecule has 6 nitrogen and oxygen atoms in total. The van der Waals surface area contributed by atoms with E-state index in [-0.39, 0.29) is 12.3 Å². The van der Waals surface area contributed by atoms with E-state index in [0.29, 0.717) is 31.7 Å². The quantitative estimate of drug-likeness (QED) is 0.868. The van der Waals surface area contributed by atoms with Crippen molar-refractivity contribution in [3.05, 3.63) is 35.4 Å². The average Bonchev–Trinajstić information content (AvgIpc) is 2.48. The van der Waals surface area contributed by atoms with Crippen LogP contribution in [0.3, 0.4) is 0 Å². The lowest BCUT2D eigenvalue weighted by Crippen LogP contribution is -2.50. The van der Waals surface area contributed by atoms with Gasteiger partial charge in [-0.3, -0.25) is 4.79 Å². The van der Waals surface area contributed by atoms with Gasteiger partial charge < -0.3 is 14.9 Å². The first-order valence-corrected chi connectivity index (χ1v) is 6.35. The molecule has 2 amide bonds. The summed E-state index contributed by atoms with van der Waals surface area (Å²) in [5.74, 6) is -0.0141. The van der Waals surface area contributed by atoms with Crippen molar-refractivity contribution in [2.75, 3.05) is 26.2 Å². The van der Waals surface area contributed by atoms with Crippen LogP contribution in [0.15, 0.2) is 24.3 Å². The van der Waals surface area contributed by atoms with Gasteiger partial charge in [0, 0.05) is 26.2 Å². The molecule has 1 aliphatic heterocycles. The molecule has 2 rings (SSSR count). The highest BCUT2D eigenvalue weighted by molar-refractivity contribution is 5.79. The minimum atomic E-state index is -0.941. The van der Waals surface area contributed by atoms with Crippen LogP contribution >= 0.6 is 0 Å². The zero-order chi connectivity index (χ0) is 14.5. The van der Waals surface area contributed by atoms with Crippen molar-refractivity contribution in [3.8, 4) is 6.07 Å². The summed E-state index contributed by atoms with van der Waals surface area (Å²) < 4.78 is 0. The van der Waals surface area contributed by atoms with Crippen molar-refractivity contribution < 1.29 is 14.7 Å². The van der Waals surface area contributed by atoms with E-state index in [2.05, 4.69) is 0 Å². The Morgan fingerprint density at radius 3 is 2.15 bits per heavy atom. The lowest BCUT2D eigenvalue weighted by molar-refractivity contribution is -0.132. The third-order valence-electron chi connectivity index (χ3n) is 3.34. The van der Waals surface area contributed by atoms with Crippen LogP contribution in [0.1, 0.15) is 11.1 Å². The van der Waals surface area contributed by atoms with Crippen LogP contribution in [-0.4, -0.2) is 53.1 Å². The molecule has 0 atom stereocenters. The second kappa shape index (κ2) is 6.06. The molecule has 1 aromatic rings. The van der Waals surface area contributed by atoms with Gasteiger partial charge >= 0.3 is 6.09 Å². The highest BCUT2D eigenvalue weighted by Gasteiger charge is 2.23. The van der Waals surface area contributed by atoms with Crippen LogP contribution in [0, 0.1) is 11.3 Å². The fourth-order valence-electron chi connectivity index (χ4n) is 2.13. The Kier molecular flexibility index (Phi) is 4.20. The highest BCUT2D eigenvalue weighted by Crippen LogP contribution is 2.08. The minimum Gasteiger partial charge on any atom is -0.465 e. The van der Waals surface area contributed by atoms with E-state index in [9.17, 15) is 9.59 Å². The van der Waals surface area contributed by atoms with Gasteiger partial charge in [-0.25, -0.2) is 4.79 Å². The van der Waals surface area contributed by atoms with Gasteiger partial charge in [0.15, 0.2) is 0 Å². The molecule has 0 unspecified atom stereocenters. The zero-order valence-electron chi connectivity index (χ0n) is 11.0.